The number of nitrogen functional groups attached to an aromatic ring is 1. The van der Waals surface area contributed by atoms with E-state index < -0.39 is 12.1 Å². The van der Waals surface area contributed by atoms with Crippen LogP contribution in [0.1, 0.15) is 19.4 Å². The van der Waals surface area contributed by atoms with Gasteiger partial charge in [-0.25, -0.2) is 4.79 Å². The Hall–Kier alpha value is -2.08. The molecule has 0 fully saturated rings. The third-order valence-electron chi connectivity index (χ3n) is 3.13. The van der Waals surface area contributed by atoms with Crippen LogP contribution in [0.15, 0.2) is 24.3 Å². The first-order valence-corrected chi connectivity index (χ1v) is 6.59. The average molecular weight is 278 g/mol. The highest BCUT2D eigenvalue weighted by Crippen LogP contribution is 2.11. The Balaban J connectivity index is 2.70. The van der Waals surface area contributed by atoms with E-state index in [1.165, 1.54) is 7.05 Å². The van der Waals surface area contributed by atoms with Gasteiger partial charge in [-0.2, -0.15) is 0 Å². The lowest BCUT2D eigenvalue weighted by Gasteiger charge is -2.26. The zero-order valence-corrected chi connectivity index (χ0v) is 12.1. The molecule has 3 amide bonds. The Labute approximate surface area is 119 Å². The molecule has 1 rings (SSSR count). The number of carbonyl (C=O) groups is 2. The first-order chi connectivity index (χ1) is 9.47. The molecular formula is C14H22N4O2. The third kappa shape index (κ3) is 4.55. The molecule has 0 radical (unpaired) electrons. The molecule has 1 aromatic rings. The van der Waals surface area contributed by atoms with Crippen LogP contribution in [0.4, 0.5) is 10.5 Å². The van der Waals surface area contributed by atoms with E-state index in [4.69, 9.17) is 5.73 Å². The van der Waals surface area contributed by atoms with E-state index in [0.717, 1.165) is 5.56 Å². The predicted molar refractivity (Wildman–Crippen MR) is 79.0 cm³/mol. The fourth-order valence-corrected chi connectivity index (χ4v) is 1.89. The number of carbonyl (C=O) groups excluding carboxylic acids is 2. The summed E-state index contributed by atoms with van der Waals surface area (Å²) < 4.78 is 0. The lowest BCUT2D eigenvalue weighted by Crippen LogP contribution is -2.48. The summed E-state index contributed by atoms with van der Waals surface area (Å²) in [4.78, 5) is 25.1. The van der Waals surface area contributed by atoms with Crippen LogP contribution < -0.4 is 16.4 Å². The number of hydrogen-bond donors (Lipinski definition) is 3. The average Bonchev–Trinajstić information content (AvgIpc) is 2.43. The van der Waals surface area contributed by atoms with Gasteiger partial charge in [0.1, 0.15) is 0 Å². The molecule has 0 bridgehead atoms. The van der Waals surface area contributed by atoms with E-state index in [-0.39, 0.29) is 5.91 Å². The summed E-state index contributed by atoms with van der Waals surface area (Å²) in [5, 5.41) is 4.64. The van der Waals surface area contributed by atoms with E-state index in [1.807, 2.05) is 36.1 Å². The first kappa shape index (κ1) is 16.0. The van der Waals surface area contributed by atoms with Crippen LogP contribution in [0.3, 0.4) is 0 Å². The van der Waals surface area contributed by atoms with Gasteiger partial charge >= 0.3 is 6.03 Å². The maximum atomic E-state index is 11.9. The van der Waals surface area contributed by atoms with Crippen LogP contribution in [-0.4, -0.2) is 36.5 Å². The first-order valence-electron chi connectivity index (χ1n) is 6.59. The molecule has 110 valence electrons. The molecule has 0 aromatic heterocycles. The van der Waals surface area contributed by atoms with Crippen molar-refractivity contribution in [2.75, 3.05) is 19.3 Å². The second-order valence-corrected chi connectivity index (χ2v) is 4.55. The Morgan fingerprint density at radius 2 is 2.10 bits per heavy atom. The van der Waals surface area contributed by atoms with Crippen LogP contribution in [0.25, 0.3) is 0 Å². The quantitative estimate of drug-likeness (QED) is 0.699. The summed E-state index contributed by atoms with van der Waals surface area (Å²) in [6.45, 7) is 5.03. The van der Waals surface area contributed by atoms with Gasteiger partial charge in [-0.3, -0.25) is 15.0 Å². The van der Waals surface area contributed by atoms with Crippen molar-refractivity contribution in [3.63, 3.8) is 0 Å². The van der Waals surface area contributed by atoms with E-state index >= 15 is 0 Å². The summed E-state index contributed by atoms with van der Waals surface area (Å²) in [7, 11) is 1.47. The number of nitrogens with one attached hydrogen (secondary N) is 2. The number of nitrogens with zero attached hydrogens (tertiary/aromatic N) is 1. The lowest BCUT2D eigenvalue weighted by atomic mass is 10.1. The highest BCUT2D eigenvalue weighted by Gasteiger charge is 2.21. The highest BCUT2D eigenvalue weighted by molar-refractivity contribution is 5.96. The zero-order valence-electron chi connectivity index (χ0n) is 12.1. The molecule has 0 aliphatic rings. The molecule has 0 spiro atoms. The monoisotopic (exact) mass is 278 g/mol. The molecule has 20 heavy (non-hydrogen) atoms. The number of amides is 3. The van der Waals surface area contributed by atoms with Gasteiger partial charge in [0, 0.05) is 19.3 Å². The molecular weight excluding hydrogens is 256 g/mol. The summed E-state index contributed by atoms with van der Waals surface area (Å²) in [6.07, 6.45) is 0. The molecule has 6 nitrogen and oxygen atoms in total. The molecule has 0 saturated carbocycles. The topological polar surface area (TPSA) is 87.5 Å². The summed E-state index contributed by atoms with van der Waals surface area (Å²) in [6, 6.07) is 6.64. The molecule has 1 aromatic carbocycles. The van der Waals surface area contributed by atoms with Crippen LogP contribution >= 0.6 is 0 Å². The molecule has 6 heteroatoms. The highest BCUT2D eigenvalue weighted by atomic mass is 16.2. The maximum Gasteiger partial charge on any atom is 0.321 e. The minimum Gasteiger partial charge on any atom is -0.399 e. The number of imide groups is 1. The van der Waals surface area contributed by atoms with Crippen LogP contribution in [0.5, 0.6) is 0 Å². The molecule has 0 heterocycles. The number of hydrogen-bond acceptors (Lipinski definition) is 4. The van der Waals surface area contributed by atoms with Crippen molar-refractivity contribution in [3.05, 3.63) is 29.8 Å². The number of urea groups is 1. The molecule has 1 unspecified atom stereocenters. The van der Waals surface area contributed by atoms with Crippen molar-refractivity contribution in [1.29, 1.82) is 0 Å². The van der Waals surface area contributed by atoms with Gasteiger partial charge in [0.2, 0.25) is 5.91 Å². The van der Waals surface area contributed by atoms with E-state index in [0.29, 0.717) is 18.8 Å². The standard InChI is InChI=1S/C14H22N4O2/c1-4-18(9-11-6-5-7-12(15)8-11)10(2)13(19)17-14(20)16-3/h5-8,10H,4,9,15H2,1-3H3,(H2,16,17,19,20). The van der Waals surface area contributed by atoms with Crippen molar-refractivity contribution in [2.24, 2.45) is 0 Å². The predicted octanol–water partition coefficient (Wildman–Crippen LogP) is 0.935. The van der Waals surface area contributed by atoms with Crippen molar-refractivity contribution in [3.8, 4) is 0 Å². The number of benzene rings is 1. The van der Waals surface area contributed by atoms with E-state index in [1.54, 1.807) is 6.92 Å². The summed E-state index contributed by atoms with van der Waals surface area (Å²) >= 11 is 0. The molecule has 0 aliphatic heterocycles. The SMILES string of the molecule is CCN(Cc1cccc(N)c1)C(C)C(=O)NC(=O)NC. The Morgan fingerprint density at radius 3 is 2.65 bits per heavy atom. The fraction of sp³-hybridized carbons (Fsp3) is 0.429. The lowest BCUT2D eigenvalue weighted by molar-refractivity contribution is -0.124. The largest absolute Gasteiger partial charge is 0.399 e. The van der Waals surface area contributed by atoms with Gasteiger partial charge in [0.25, 0.3) is 0 Å². The Bertz CT molecular complexity index is 476. The molecule has 1 atom stereocenters. The van der Waals surface area contributed by atoms with Crippen molar-refractivity contribution >= 4 is 17.6 Å². The minimum atomic E-state index is -0.498. The van der Waals surface area contributed by atoms with Gasteiger partial charge in [0.05, 0.1) is 6.04 Å². The number of nitrogens with two attached hydrogens (primary N) is 1. The second kappa shape index (κ2) is 7.49. The van der Waals surface area contributed by atoms with Crippen LogP contribution in [0.2, 0.25) is 0 Å². The molecule has 0 saturated heterocycles. The number of anilines is 1. The number of likely N-dealkylation sites (N-methyl/N-ethyl adjacent to an activating group) is 1. The van der Waals surface area contributed by atoms with Gasteiger partial charge in [-0.1, -0.05) is 19.1 Å². The van der Waals surface area contributed by atoms with E-state index in [9.17, 15) is 9.59 Å². The third-order valence-corrected chi connectivity index (χ3v) is 3.13. The second-order valence-electron chi connectivity index (χ2n) is 4.55. The maximum absolute atomic E-state index is 11.9. The summed E-state index contributed by atoms with van der Waals surface area (Å²) in [5.74, 6) is -0.324. The fourth-order valence-electron chi connectivity index (χ4n) is 1.89. The molecule has 4 N–H and O–H groups in total. The zero-order chi connectivity index (χ0) is 15.1. The number of rotatable bonds is 5. The Morgan fingerprint density at radius 1 is 1.40 bits per heavy atom. The van der Waals surface area contributed by atoms with Gasteiger partial charge in [-0.15, -0.1) is 0 Å². The van der Waals surface area contributed by atoms with E-state index in [2.05, 4.69) is 10.6 Å². The smallest absolute Gasteiger partial charge is 0.321 e. The molecule has 0 aliphatic carbocycles. The Kier molecular flexibility index (Phi) is 5.99. The van der Waals surface area contributed by atoms with Gasteiger partial charge in [0.15, 0.2) is 0 Å². The van der Waals surface area contributed by atoms with Gasteiger partial charge < -0.3 is 11.1 Å². The van der Waals surface area contributed by atoms with Gasteiger partial charge in [-0.05, 0) is 31.2 Å². The van der Waals surface area contributed by atoms with Crippen molar-refractivity contribution in [1.82, 2.24) is 15.5 Å². The van der Waals surface area contributed by atoms with Crippen LogP contribution in [-0.2, 0) is 11.3 Å². The summed E-state index contributed by atoms with van der Waals surface area (Å²) in [5.41, 5.74) is 7.47. The van der Waals surface area contributed by atoms with Crippen molar-refractivity contribution < 1.29 is 9.59 Å². The normalized spacial score (nSPS) is 12.0. The van der Waals surface area contributed by atoms with Crippen LogP contribution in [0, 0.1) is 0 Å². The minimum absolute atomic E-state index is 0.324. The van der Waals surface area contributed by atoms with Crippen molar-refractivity contribution in [2.45, 2.75) is 26.4 Å².